The van der Waals surface area contributed by atoms with Crippen LogP contribution in [0.15, 0.2) is 0 Å². The molecule has 0 saturated heterocycles. The van der Waals surface area contributed by atoms with Crippen molar-refractivity contribution in [1.29, 1.82) is 0 Å². The van der Waals surface area contributed by atoms with Crippen molar-refractivity contribution in [2.24, 2.45) is 23.7 Å². The quantitative estimate of drug-likeness (QED) is 0.545. The summed E-state index contributed by atoms with van der Waals surface area (Å²) in [5.74, 6) is 4.39. The highest BCUT2D eigenvalue weighted by Crippen LogP contribution is 2.46. The van der Waals surface area contributed by atoms with Crippen molar-refractivity contribution in [1.82, 2.24) is 0 Å². The van der Waals surface area contributed by atoms with Crippen LogP contribution in [0.5, 0.6) is 0 Å². The summed E-state index contributed by atoms with van der Waals surface area (Å²) in [6.07, 6.45) is 18.2. The van der Waals surface area contributed by atoms with Crippen LogP contribution >= 0.6 is 0 Å². The lowest BCUT2D eigenvalue weighted by molar-refractivity contribution is 0.0722. The van der Waals surface area contributed by atoms with Gasteiger partial charge in [0, 0.05) is 0 Å². The molecule has 2 aliphatic carbocycles. The molecule has 2 saturated carbocycles. The molecule has 2 rings (SSSR count). The van der Waals surface area contributed by atoms with Crippen LogP contribution in [0.4, 0.5) is 0 Å². The Bertz CT molecular complexity index is 192. The molecule has 0 N–H and O–H groups in total. The van der Waals surface area contributed by atoms with Gasteiger partial charge in [0.05, 0.1) is 0 Å². The molecule has 0 heterocycles. The molecule has 0 aromatic carbocycles. The van der Waals surface area contributed by atoms with E-state index in [0.29, 0.717) is 0 Å². The van der Waals surface area contributed by atoms with Gasteiger partial charge in [-0.15, -0.1) is 0 Å². The largest absolute Gasteiger partial charge is 0.0654 e. The fraction of sp³-hybridized carbons (Fsp3) is 1.00. The topological polar surface area (TPSA) is 0 Å². The van der Waals surface area contributed by atoms with Crippen molar-refractivity contribution in [3.63, 3.8) is 0 Å². The van der Waals surface area contributed by atoms with Gasteiger partial charge in [0.25, 0.3) is 0 Å². The van der Waals surface area contributed by atoms with Crippen LogP contribution in [-0.4, -0.2) is 0 Å². The van der Waals surface area contributed by atoms with Crippen molar-refractivity contribution in [2.75, 3.05) is 0 Å². The summed E-state index contributed by atoms with van der Waals surface area (Å²) in [5.41, 5.74) is 0. The van der Waals surface area contributed by atoms with Crippen LogP contribution in [0.1, 0.15) is 90.9 Å². The zero-order chi connectivity index (χ0) is 12.8. The van der Waals surface area contributed by atoms with Gasteiger partial charge < -0.3 is 0 Å². The second-order valence-corrected chi connectivity index (χ2v) is 6.99. The third-order valence-corrected chi connectivity index (χ3v) is 5.80. The van der Waals surface area contributed by atoms with Crippen LogP contribution in [0.3, 0.4) is 0 Å². The van der Waals surface area contributed by atoms with Crippen LogP contribution in [-0.2, 0) is 0 Å². The highest BCUT2D eigenvalue weighted by Gasteiger charge is 2.36. The van der Waals surface area contributed by atoms with Gasteiger partial charge in [0.1, 0.15) is 0 Å². The maximum atomic E-state index is 2.38. The summed E-state index contributed by atoms with van der Waals surface area (Å²) < 4.78 is 0. The molecule has 0 aromatic heterocycles. The van der Waals surface area contributed by atoms with Crippen molar-refractivity contribution >= 4 is 0 Å². The molecule has 4 unspecified atom stereocenters. The zero-order valence-electron chi connectivity index (χ0n) is 12.8. The molecule has 0 heteroatoms. The van der Waals surface area contributed by atoms with E-state index < -0.39 is 0 Å². The lowest BCUT2D eigenvalue weighted by atomic mass is 9.62. The van der Waals surface area contributed by atoms with Crippen molar-refractivity contribution in [3.8, 4) is 0 Å². The van der Waals surface area contributed by atoms with Gasteiger partial charge in [-0.1, -0.05) is 78.1 Å². The molecule has 0 radical (unpaired) electrons. The first-order chi connectivity index (χ1) is 8.86. The first-order valence-corrected chi connectivity index (χ1v) is 8.86. The van der Waals surface area contributed by atoms with Gasteiger partial charge in [0.15, 0.2) is 0 Å². The van der Waals surface area contributed by atoms with Gasteiger partial charge in [-0.05, 0) is 36.5 Å². The van der Waals surface area contributed by atoms with Gasteiger partial charge in [-0.25, -0.2) is 0 Å². The van der Waals surface area contributed by atoms with E-state index in [4.69, 9.17) is 0 Å². The SMILES string of the molecule is CCCC1CCCCC1C1CCCCC1CCC. The molecule has 106 valence electrons. The van der Waals surface area contributed by atoms with Crippen LogP contribution in [0.2, 0.25) is 0 Å². The van der Waals surface area contributed by atoms with E-state index in [-0.39, 0.29) is 0 Å². The lowest BCUT2D eigenvalue weighted by Gasteiger charge is -2.43. The predicted octanol–water partition coefficient (Wildman–Crippen LogP) is 6.20. The Labute approximate surface area is 115 Å². The Hall–Kier alpha value is 0. The minimum atomic E-state index is 1.09. The van der Waals surface area contributed by atoms with E-state index in [0.717, 1.165) is 23.7 Å². The van der Waals surface area contributed by atoms with E-state index in [2.05, 4.69) is 13.8 Å². The molecule has 0 aliphatic heterocycles. The summed E-state index contributed by atoms with van der Waals surface area (Å²) in [5, 5.41) is 0. The first-order valence-electron chi connectivity index (χ1n) is 8.86. The summed E-state index contributed by atoms with van der Waals surface area (Å²) >= 11 is 0. The molecule has 4 atom stereocenters. The third kappa shape index (κ3) is 3.52. The Kier molecular flexibility index (Phi) is 6.05. The fourth-order valence-electron chi connectivity index (χ4n) is 5.06. The molecule has 2 fully saturated rings. The van der Waals surface area contributed by atoms with Gasteiger partial charge in [0.2, 0.25) is 0 Å². The molecule has 0 spiro atoms. The highest BCUT2D eigenvalue weighted by molar-refractivity contribution is 4.86. The predicted molar refractivity (Wildman–Crippen MR) is 80.7 cm³/mol. The van der Waals surface area contributed by atoms with E-state index in [9.17, 15) is 0 Å². The Balaban J connectivity index is 2.00. The zero-order valence-corrected chi connectivity index (χ0v) is 12.8. The van der Waals surface area contributed by atoms with Crippen molar-refractivity contribution < 1.29 is 0 Å². The first kappa shape index (κ1) is 14.4. The minimum Gasteiger partial charge on any atom is -0.0654 e. The summed E-state index contributed by atoms with van der Waals surface area (Å²) in [4.78, 5) is 0. The van der Waals surface area contributed by atoms with E-state index >= 15 is 0 Å². The Morgan fingerprint density at radius 3 is 1.39 bits per heavy atom. The number of rotatable bonds is 5. The molecular weight excluding hydrogens is 216 g/mol. The molecule has 0 aromatic rings. The average molecular weight is 250 g/mol. The maximum Gasteiger partial charge on any atom is -0.0355 e. The third-order valence-electron chi connectivity index (χ3n) is 5.80. The van der Waals surface area contributed by atoms with Crippen LogP contribution in [0.25, 0.3) is 0 Å². The van der Waals surface area contributed by atoms with E-state index in [1.807, 2.05) is 0 Å². The summed E-state index contributed by atoms with van der Waals surface area (Å²) in [7, 11) is 0. The minimum absolute atomic E-state index is 1.09. The number of hydrogen-bond acceptors (Lipinski definition) is 0. The molecule has 2 aliphatic rings. The second-order valence-electron chi connectivity index (χ2n) is 6.99. The monoisotopic (exact) mass is 250 g/mol. The Morgan fingerprint density at radius 2 is 1.00 bits per heavy atom. The molecule has 0 amide bonds. The van der Waals surface area contributed by atoms with E-state index in [1.165, 1.54) is 51.4 Å². The molecular formula is C18H34. The Morgan fingerprint density at radius 1 is 0.611 bits per heavy atom. The smallest absolute Gasteiger partial charge is 0.0355 e. The van der Waals surface area contributed by atoms with Crippen molar-refractivity contribution in [3.05, 3.63) is 0 Å². The van der Waals surface area contributed by atoms with Crippen molar-refractivity contribution in [2.45, 2.75) is 90.9 Å². The number of hydrogen-bond donors (Lipinski definition) is 0. The molecule has 18 heavy (non-hydrogen) atoms. The molecule has 0 nitrogen and oxygen atoms in total. The normalized spacial score (nSPS) is 37.7. The van der Waals surface area contributed by atoms with Gasteiger partial charge in [-0.2, -0.15) is 0 Å². The van der Waals surface area contributed by atoms with Crippen LogP contribution in [0, 0.1) is 23.7 Å². The fourth-order valence-corrected chi connectivity index (χ4v) is 5.06. The summed E-state index contributed by atoms with van der Waals surface area (Å²) in [6.45, 7) is 4.77. The standard InChI is InChI=1S/C18H34/c1-3-9-15-11-5-7-13-17(15)18-14-8-6-12-16(18)10-4-2/h15-18H,3-14H2,1-2H3. The molecule has 0 bridgehead atoms. The average Bonchev–Trinajstić information content (AvgIpc) is 2.41. The maximum absolute atomic E-state index is 2.38. The van der Waals surface area contributed by atoms with Gasteiger partial charge in [-0.3, -0.25) is 0 Å². The van der Waals surface area contributed by atoms with Crippen LogP contribution < -0.4 is 0 Å². The lowest BCUT2D eigenvalue weighted by Crippen LogP contribution is -2.33. The van der Waals surface area contributed by atoms with Gasteiger partial charge >= 0.3 is 0 Å². The highest BCUT2D eigenvalue weighted by atomic mass is 14.4. The van der Waals surface area contributed by atoms with E-state index in [1.54, 1.807) is 25.7 Å². The summed E-state index contributed by atoms with van der Waals surface area (Å²) in [6, 6.07) is 0. The second kappa shape index (κ2) is 7.56.